The molecule has 3 fully saturated rings. The number of likely N-dealkylation sites (N-methyl/N-ethyl adjacent to an activating group) is 1. The number of Topliss-reactive ketones (excluding diaryl/α,β-unsaturated/α-hetero) is 2. The third kappa shape index (κ3) is 8.67. The number of nitrogens with one attached hydrogen (secondary N) is 1. The zero-order valence-electron chi connectivity index (χ0n) is 32.5. The van der Waals surface area contributed by atoms with Gasteiger partial charge in [-0.25, -0.2) is 9.78 Å². The van der Waals surface area contributed by atoms with Crippen molar-refractivity contribution in [2.75, 3.05) is 33.5 Å². The second kappa shape index (κ2) is 17.2. The van der Waals surface area contributed by atoms with Crippen molar-refractivity contribution in [2.45, 2.75) is 140 Å². The monoisotopic (exact) mass is 753 g/mol. The third-order valence-electron chi connectivity index (χ3n) is 11.3. The Labute approximate surface area is 311 Å². The van der Waals surface area contributed by atoms with Crippen LogP contribution in [0.3, 0.4) is 0 Å². The number of hydrogen-bond acceptors (Lipinski definition) is 14. The first-order chi connectivity index (χ1) is 24.4. The predicted octanol–water partition coefficient (Wildman–Crippen LogP) is 3.49. The van der Waals surface area contributed by atoms with Gasteiger partial charge in [0.1, 0.15) is 30.2 Å². The zero-order valence-corrected chi connectivity index (χ0v) is 33.3. The lowest BCUT2D eigenvalue weighted by molar-refractivity contribution is -0.295. The first kappa shape index (κ1) is 42.1. The predicted molar refractivity (Wildman–Crippen MR) is 191 cm³/mol. The highest BCUT2D eigenvalue weighted by atomic mass is 32.2. The Morgan fingerprint density at radius 2 is 1.79 bits per heavy atom. The van der Waals surface area contributed by atoms with E-state index in [1.807, 2.05) is 32.8 Å². The fourth-order valence-corrected chi connectivity index (χ4v) is 9.08. The minimum Gasteiger partial charge on any atom is -0.458 e. The highest BCUT2D eigenvalue weighted by Crippen LogP contribution is 2.43. The normalized spacial score (nSPS) is 39.6. The van der Waals surface area contributed by atoms with Gasteiger partial charge in [0.2, 0.25) is 0 Å². The number of thioether (sulfide) groups is 1. The van der Waals surface area contributed by atoms with Crippen LogP contribution >= 0.6 is 11.8 Å². The van der Waals surface area contributed by atoms with E-state index in [1.165, 1.54) is 32.1 Å². The van der Waals surface area contributed by atoms with Gasteiger partial charge in [-0.15, -0.1) is 0 Å². The summed E-state index contributed by atoms with van der Waals surface area (Å²) in [4.78, 5) is 63.9. The van der Waals surface area contributed by atoms with Crippen molar-refractivity contribution in [3.8, 4) is 0 Å². The summed E-state index contributed by atoms with van der Waals surface area (Å²) in [6.07, 6.45) is -2.05. The number of cyclic esters (lactones) is 1. The summed E-state index contributed by atoms with van der Waals surface area (Å²) in [5.41, 5.74) is -2.65. The number of methoxy groups -OCH3 is 1. The molecule has 0 bridgehead atoms. The lowest BCUT2D eigenvalue weighted by Crippen LogP contribution is -2.60. The van der Waals surface area contributed by atoms with Gasteiger partial charge in [-0.05, 0) is 67.5 Å². The molecule has 0 radical (unpaired) electrons. The van der Waals surface area contributed by atoms with Gasteiger partial charge in [-0.1, -0.05) is 39.5 Å². The van der Waals surface area contributed by atoms with Crippen LogP contribution in [-0.4, -0.2) is 141 Å². The fraction of sp³-hybridized carbons (Fsp3) is 0.833. The number of aromatic nitrogens is 3. The maximum Gasteiger partial charge on any atom is 0.410 e. The molecular weight excluding hydrogens is 694 g/mol. The number of ketones is 2. The van der Waals surface area contributed by atoms with Crippen LogP contribution in [0.4, 0.5) is 4.79 Å². The number of aromatic amines is 1. The van der Waals surface area contributed by atoms with Crippen LogP contribution in [-0.2, 0) is 38.1 Å². The molecule has 1 unspecified atom stereocenters. The highest BCUT2D eigenvalue weighted by molar-refractivity contribution is 7.99. The van der Waals surface area contributed by atoms with Gasteiger partial charge in [0.15, 0.2) is 22.8 Å². The van der Waals surface area contributed by atoms with Crippen LogP contribution in [0.1, 0.15) is 81.1 Å². The number of aliphatic hydroxyl groups is 1. The molecule has 294 valence electrons. The van der Waals surface area contributed by atoms with E-state index in [1.54, 1.807) is 39.5 Å². The largest absolute Gasteiger partial charge is 0.458 e. The van der Waals surface area contributed by atoms with Gasteiger partial charge in [0, 0.05) is 43.2 Å². The van der Waals surface area contributed by atoms with E-state index in [2.05, 4.69) is 15.2 Å². The molecule has 1 aromatic heterocycles. The molecule has 4 rings (SSSR count). The first-order valence-electron chi connectivity index (χ1n) is 18.4. The van der Waals surface area contributed by atoms with Crippen LogP contribution in [0.25, 0.3) is 0 Å². The lowest BCUT2D eigenvalue weighted by Gasteiger charge is -2.47. The molecule has 52 heavy (non-hydrogen) atoms. The van der Waals surface area contributed by atoms with Gasteiger partial charge in [-0.2, -0.15) is 5.10 Å². The number of carbonyl (C=O) groups excluding carboxylic acids is 4. The quantitative estimate of drug-likeness (QED) is 0.153. The molecule has 3 aliphatic rings. The van der Waals surface area contributed by atoms with Crippen LogP contribution in [0.2, 0.25) is 0 Å². The molecule has 1 amide bonds. The van der Waals surface area contributed by atoms with E-state index < -0.39 is 83.4 Å². The van der Waals surface area contributed by atoms with Crippen molar-refractivity contribution in [3.05, 3.63) is 6.33 Å². The summed E-state index contributed by atoms with van der Waals surface area (Å²) < 4.78 is 31.0. The average Bonchev–Trinajstić information content (AvgIpc) is 3.71. The van der Waals surface area contributed by atoms with Crippen molar-refractivity contribution >= 4 is 35.4 Å². The van der Waals surface area contributed by atoms with Gasteiger partial charge in [-0.3, -0.25) is 19.5 Å². The second-order valence-electron chi connectivity index (χ2n) is 15.4. The van der Waals surface area contributed by atoms with Crippen molar-refractivity contribution in [1.82, 2.24) is 25.0 Å². The van der Waals surface area contributed by atoms with E-state index in [0.29, 0.717) is 23.8 Å². The van der Waals surface area contributed by atoms with E-state index in [-0.39, 0.29) is 37.3 Å². The van der Waals surface area contributed by atoms with Gasteiger partial charge in [0.25, 0.3) is 0 Å². The Morgan fingerprint density at radius 3 is 2.38 bits per heavy atom. The fourth-order valence-electron chi connectivity index (χ4n) is 8.38. The molecule has 0 aliphatic carbocycles. The van der Waals surface area contributed by atoms with Crippen LogP contribution in [0, 0.1) is 23.7 Å². The van der Waals surface area contributed by atoms with Crippen LogP contribution < -0.4 is 0 Å². The van der Waals surface area contributed by atoms with E-state index >= 15 is 0 Å². The SMILES string of the molecule is CC[C@H]1OC(=O)[C@H](C)C(=O)[C@H](C)[C@@H](O[C@@H]2O[C@H](C)C[C@H](N(C)C)[C@H]2O)[C@@](C)(OC)C[C@@H](C)C(=O)[C@H](C)C2N(CCCSc3ncn[nH]3)C(=O)O[C@@]21C. The molecule has 16 heteroatoms. The van der Waals surface area contributed by atoms with Crippen molar-refractivity contribution < 1.29 is 48.0 Å². The Kier molecular flexibility index (Phi) is 14.0. The van der Waals surface area contributed by atoms with E-state index in [9.17, 15) is 24.3 Å². The topological polar surface area (TPSA) is 183 Å². The number of fused-ring (bicyclic) bond motifs is 1. The molecule has 0 aromatic carbocycles. The molecule has 13 atom stereocenters. The number of esters is 1. The average molecular weight is 754 g/mol. The van der Waals surface area contributed by atoms with E-state index in [0.717, 1.165) is 0 Å². The minimum atomic E-state index is -1.39. The van der Waals surface area contributed by atoms with Gasteiger partial charge >= 0.3 is 12.1 Å². The number of ether oxygens (including phenoxy) is 5. The third-order valence-corrected chi connectivity index (χ3v) is 12.3. The number of carbonyl (C=O) groups is 4. The highest BCUT2D eigenvalue weighted by Gasteiger charge is 2.60. The number of H-pyrrole nitrogens is 1. The Hall–Kier alpha value is -2.63. The number of aliphatic hydroxyl groups excluding tert-OH is 1. The lowest BCUT2D eigenvalue weighted by atomic mass is 9.73. The molecule has 2 N–H and O–H groups in total. The number of hydrogen-bond donors (Lipinski definition) is 2. The van der Waals surface area contributed by atoms with Crippen molar-refractivity contribution in [2.24, 2.45) is 23.7 Å². The summed E-state index contributed by atoms with van der Waals surface area (Å²) in [6, 6.07) is -1.06. The van der Waals surface area contributed by atoms with Gasteiger partial charge < -0.3 is 38.6 Å². The number of nitrogens with zero attached hydrogens (tertiary/aromatic N) is 4. The Bertz CT molecular complexity index is 1400. The molecule has 3 saturated heterocycles. The molecular formula is C36H59N5O10S. The Balaban J connectivity index is 1.72. The molecule has 4 heterocycles. The summed E-state index contributed by atoms with van der Waals surface area (Å²) in [5.74, 6) is -4.32. The number of rotatable bonds is 10. The molecule has 3 aliphatic heterocycles. The van der Waals surface area contributed by atoms with E-state index in [4.69, 9.17) is 23.7 Å². The van der Waals surface area contributed by atoms with Crippen LogP contribution in [0.5, 0.6) is 0 Å². The number of amides is 1. The van der Waals surface area contributed by atoms with Crippen molar-refractivity contribution in [1.29, 1.82) is 0 Å². The molecule has 0 spiro atoms. The summed E-state index contributed by atoms with van der Waals surface area (Å²) in [7, 11) is 5.23. The standard InChI is InChI=1S/C36H59N5O10S/c1-12-25-36(8)29(41(34(46)51-36)14-13-15-52-33-37-18-38-39-33)21(4)26(42)19(2)17-35(7,47-11)30(22(5)27(43)23(6)31(45)49-25)50-32-28(44)24(40(9)10)16-20(3)48-32/h18-25,28-30,32,44H,12-17H2,1-11H3,(H,37,38,39)/t19-,20-,21+,22+,23-,24+,25-,28-,29?,30-,32+,35+,36-/m1/s1. The maximum atomic E-state index is 14.5. The smallest absolute Gasteiger partial charge is 0.410 e. The van der Waals surface area contributed by atoms with Gasteiger partial charge in [0.05, 0.1) is 23.9 Å². The molecule has 0 saturated carbocycles. The van der Waals surface area contributed by atoms with Crippen LogP contribution in [0.15, 0.2) is 11.5 Å². The maximum absolute atomic E-state index is 14.5. The second-order valence-corrected chi connectivity index (χ2v) is 16.5. The minimum absolute atomic E-state index is 0.131. The summed E-state index contributed by atoms with van der Waals surface area (Å²) in [5, 5.41) is 18.7. The first-order valence-corrected chi connectivity index (χ1v) is 19.3. The molecule has 1 aromatic rings. The molecule has 15 nitrogen and oxygen atoms in total. The summed E-state index contributed by atoms with van der Waals surface area (Å²) in [6.45, 7) is 14.2. The Morgan fingerprint density at radius 1 is 1.10 bits per heavy atom. The zero-order chi connectivity index (χ0) is 38.7. The summed E-state index contributed by atoms with van der Waals surface area (Å²) >= 11 is 1.46. The van der Waals surface area contributed by atoms with Crippen molar-refractivity contribution in [3.63, 3.8) is 0 Å².